The number of fused-ring (bicyclic) bond motifs is 1. The SMILES string of the molecule is C=C/C=C\C(=C/C)Cn1c(=O)[nH]c2ncc(-c3c(C)noc3C)cc21.CC(C)C. The molecule has 0 aliphatic rings. The molecule has 6 nitrogen and oxygen atoms in total. The highest BCUT2D eigenvalue weighted by atomic mass is 16.5. The Bertz CT molecular complexity index is 1070. The van der Waals surface area contributed by atoms with Crippen LogP contribution in [0, 0.1) is 19.8 Å². The lowest BCUT2D eigenvalue weighted by Gasteiger charge is -2.06. The van der Waals surface area contributed by atoms with Crippen molar-refractivity contribution >= 4 is 11.2 Å². The van der Waals surface area contributed by atoms with E-state index in [0.717, 1.165) is 39.6 Å². The fourth-order valence-electron chi connectivity index (χ4n) is 2.84. The summed E-state index contributed by atoms with van der Waals surface area (Å²) >= 11 is 0. The molecular formula is C23H30N4O2. The van der Waals surface area contributed by atoms with Crippen molar-refractivity contribution in [3.05, 3.63) is 70.7 Å². The molecule has 154 valence electrons. The Balaban J connectivity index is 0.000000687. The zero-order chi connectivity index (χ0) is 21.6. The number of aromatic amines is 1. The molecule has 0 bridgehead atoms. The third-order valence-electron chi connectivity index (χ3n) is 4.11. The number of aromatic nitrogens is 4. The van der Waals surface area contributed by atoms with Gasteiger partial charge in [-0.25, -0.2) is 9.78 Å². The number of hydrogen-bond donors (Lipinski definition) is 1. The van der Waals surface area contributed by atoms with Crippen molar-refractivity contribution in [3.63, 3.8) is 0 Å². The highest BCUT2D eigenvalue weighted by molar-refractivity contribution is 5.79. The molecule has 29 heavy (non-hydrogen) atoms. The van der Waals surface area contributed by atoms with Gasteiger partial charge in [0.2, 0.25) is 0 Å². The molecule has 0 atom stereocenters. The summed E-state index contributed by atoms with van der Waals surface area (Å²) in [4.78, 5) is 19.6. The normalized spacial score (nSPS) is 11.9. The van der Waals surface area contributed by atoms with E-state index in [4.69, 9.17) is 4.52 Å². The maximum Gasteiger partial charge on any atom is 0.327 e. The maximum atomic E-state index is 12.4. The Kier molecular flexibility index (Phi) is 7.53. The molecule has 0 unspecified atom stereocenters. The Morgan fingerprint density at radius 1 is 1.34 bits per heavy atom. The first-order valence-electron chi connectivity index (χ1n) is 9.74. The van der Waals surface area contributed by atoms with Crippen LogP contribution in [0.25, 0.3) is 22.3 Å². The first-order valence-corrected chi connectivity index (χ1v) is 9.74. The van der Waals surface area contributed by atoms with Gasteiger partial charge in [0.05, 0.1) is 17.8 Å². The Hall–Kier alpha value is -3.15. The molecule has 0 saturated heterocycles. The predicted molar refractivity (Wildman–Crippen MR) is 119 cm³/mol. The number of pyridine rings is 1. The molecule has 0 aromatic carbocycles. The van der Waals surface area contributed by atoms with Crippen LogP contribution in [0.15, 0.2) is 58.0 Å². The van der Waals surface area contributed by atoms with Gasteiger partial charge in [0.1, 0.15) is 5.76 Å². The van der Waals surface area contributed by atoms with Crippen LogP contribution in [0.3, 0.4) is 0 Å². The van der Waals surface area contributed by atoms with Gasteiger partial charge in [0.25, 0.3) is 0 Å². The quantitative estimate of drug-likeness (QED) is 0.592. The van der Waals surface area contributed by atoms with Gasteiger partial charge in [-0.05, 0) is 38.3 Å². The van der Waals surface area contributed by atoms with E-state index >= 15 is 0 Å². The molecule has 0 fully saturated rings. The van der Waals surface area contributed by atoms with Crippen molar-refractivity contribution < 1.29 is 4.52 Å². The van der Waals surface area contributed by atoms with Crippen molar-refractivity contribution in [1.29, 1.82) is 0 Å². The monoisotopic (exact) mass is 394 g/mol. The second-order valence-electron chi connectivity index (χ2n) is 7.50. The standard InChI is InChI=1S/C19H20N4O2.C4H10/c1-5-7-8-14(6-2)11-23-16-9-15(10-20-18(16)21-19(23)24)17-12(3)22-25-13(17)4;1-4(2)3/h5-10H,1,11H2,2-4H3,(H,20,21,24);4H,1-3H3/b8-7-,14-6+;. The van der Waals surface area contributed by atoms with E-state index in [1.807, 2.05) is 45.1 Å². The summed E-state index contributed by atoms with van der Waals surface area (Å²) in [5.41, 5.74) is 4.70. The van der Waals surface area contributed by atoms with Gasteiger partial charge in [0, 0.05) is 17.3 Å². The predicted octanol–water partition coefficient (Wildman–Crippen LogP) is 5.35. The maximum absolute atomic E-state index is 12.4. The third-order valence-corrected chi connectivity index (χ3v) is 4.11. The van der Waals surface area contributed by atoms with E-state index in [0.29, 0.717) is 12.2 Å². The molecule has 6 heteroatoms. The summed E-state index contributed by atoms with van der Waals surface area (Å²) in [5.74, 6) is 1.56. The topological polar surface area (TPSA) is 76.7 Å². The lowest BCUT2D eigenvalue weighted by molar-refractivity contribution is 0.393. The minimum Gasteiger partial charge on any atom is -0.361 e. The Labute approximate surface area is 171 Å². The summed E-state index contributed by atoms with van der Waals surface area (Å²) in [6.45, 7) is 16.3. The minimum atomic E-state index is -0.190. The highest BCUT2D eigenvalue weighted by Crippen LogP contribution is 2.28. The fourth-order valence-corrected chi connectivity index (χ4v) is 2.84. The van der Waals surface area contributed by atoms with Gasteiger partial charge in [-0.1, -0.05) is 56.8 Å². The van der Waals surface area contributed by atoms with E-state index in [-0.39, 0.29) is 5.69 Å². The second-order valence-corrected chi connectivity index (χ2v) is 7.50. The first-order chi connectivity index (χ1) is 13.8. The van der Waals surface area contributed by atoms with Gasteiger partial charge in [0.15, 0.2) is 5.65 Å². The molecule has 0 saturated carbocycles. The molecule has 3 aromatic heterocycles. The Morgan fingerprint density at radius 2 is 2.03 bits per heavy atom. The lowest BCUT2D eigenvalue weighted by atomic mass is 10.1. The molecule has 0 amide bonds. The minimum absolute atomic E-state index is 0.190. The zero-order valence-corrected chi connectivity index (χ0v) is 18.1. The third kappa shape index (κ3) is 5.44. The summed E-state index contributed by atoms with van der Waals surface area (Å²) in [7, 11) is 0. The first kappa shape index (κ1) is 22.1. The van der Waals surface area contributed by atoms with Crippen molar-refractivity contribution in [1.82, 2.24) is 19.7 Å². The van der Waals surface area contributed by atoms with Gasteiger partial charge in [-0.2, -0.15) is 0 Å². The smallest absolute Gasteiger partial charge is 0.327 e. The van der Waals surface area contributed by atoms with Crippen LogP contribution in [0.2, 0.25) is 0 Å². The van der Waals surface area contributed by atoms with E-state index < -0.39 is 0 Å². The highest BCUT2D eigenvalue weighted by Gasteiger charge is 2.15. The van der Waals surface area contributed by atoms with Gasteiger partial charge >= 0.3 is 5.69 Å². The van der Waals surface area contributed by atoms with Crippen LogP contribution in [0.1, 0.15) is 39.1 Å². The summed E-state index contributed by atoms with van der Waals surface area (Å²) in [5, 5.41) is 3.99. The van der Waals surface area contributed by atoms with Gasteiger partial charge < -0.3 is 4.52 Å². The summed E-state index contributed by atoms with van der Waals surface area (Å²) < 4.78 is 6.92. The van der Waals surface area contributed by atoms with Crippen molar-refractivity contribution in [2.45, 2.75) is 48.1 Å². The number of imidazole rings is 1. The lowest BCUT2D eigenvalue weighted by Crippen LogP contribution is -2.17. The van der Waals surface area contributed by atoms with E-state index in [1.165, 1.54) is 0 Å². The number of H-pyrrole nitrogens is 1. The zero-order valence-electron chi connectivity index (χ0n) is 18.1. The van der Waals surface area contributed by atoms with Crippen LogP contribution in [-0.2, 0) is 6.54 Å². The molecular weight excluding hydrogens is 364 g/mol. The van der Waals surface area contributed by atoms with Crippen LogP contribution in [0.5, 0.6) is 0 Å². The average molecular weight is 395 g/mol. The average Bonchev–Trinajstić information content (AvgIpc) is 3.16. The van der Waals surface area contributed by atoms with Crippen molar-refractivity contribution in [2.75, 3.05) is 0 Å². The Morgan fingerprint density at radius 3 is 2.59 bits per heavy atom. The second kappa shape index (κ2) is 9.87. The van der Waals surface area contributed by atoms with E-state index in [1.54, 1.807) is 16.8 Å². The number of hydrogen-bond acceptors (Lipinski definition) is 4. The van der Waals surface area contributed by atoms with E-state index in [2.05, 4.69) is 42.5 Å². The molecule has 0 radical (unpaired) electrons. The van der Waals surface area contributed by atoms with Crippen molar-refractivity contribution in [3.8, 4) is 11.1 Å². The molecule has 3 aromatic rings. The number of nitrogens with zero attached hydrogens (tertiary/aromatic N) is 3. The number of rotatable bonds is 5. The largest absolute Gasteiger partial charge is 0.361 e. The van der Waals surface area contributed by atoms with E-state index in [9.17, 15) is 4.79 Å². The molecule has 1 N–H and O–H groups in total. The van der Waals surface area contributed by atoms with Crippen LogP contribution in [-0.4, -0.2) is 19.7 Å². The molecule has 3 rings (SSSR count). The number of nitrogens with one attached hydrogen (secondary N) is 1. The van der Waals surface area contributed by atoms with Gasteiger partial charge in [-0.15, -0.1) is 0 Å². The number of aryl methyl sites for hydroxylation is 2. The molecule has 3 heterocycles. The summed E-state index contributed by atoms with van der Waals surface area (Å²) in [6, 6.07) is 1.94. The van der Waals surface area contributed by atoms with Crippen LogP contribution in [0.4, 0.5) is 0 Å². The van der Waals surface area contributed by atoms with Crippen LogP contribution < -0.4 is 5.69 Å². The number of allylic oxidation sites excluding steroid dienone is 5. The van der Waals surface area contributed by atoms with Gasteiger partial charge in [-0.3, -0.25) is 9.55 Å². The molecule has 0 aliphatic carbocycles. The summed E-state index contributed by atoms with van der Waals surface area (Å²) in [6.07, 6.45) is 9.19. The molecule has 0 aliphatic heterocycles. The molecule has 0 spiro atoms. The van der Waals surface area contributed by atoms with Crippen LogP contribution >= 0.6 is 0 Å². The fraction of sp³-hybridized carbons (Fsp3) is 0.348. The van der Waals surface area contributed by atoms with Crippen molar-refractivity contribution in [2.24, 2.45) is 5.92 Å².